The van der Waals surface area contributed by atoms with Crippen LogP contribution in [0.15, 0.2) is 0 Å². The molecule has 0 aromatic heterocycles. The third kappa shape index (κ3) is 5.21. The third-order valence-corrected chi connectivity index (χ3v) is 2.44. The summed E-state index contributed by atoms with van der Waals surface area (Å²) in [6.07, 6.45) is 11.5. The number of hydrogen-bond acceptors (Lipinski definition) is 4. The van der Waals surface area contributed by atoms with Gasteiger partial charge >= 0.3 is 0 Å². The number of hydrogen-bond donors (Lipinski definition) is 0. The molecule has 1 saturated heterocycles. The van der Waals surface area contributed by atoms with E-state index in [1.807, 2.05) is 0 Å². The fourth-order valence-corrected chi connectivity index (χ4v) is 1.63. The third-order valence-electron chi connectivity index (χ3n) is 2.44. The molecule has 1 aliphatic heterocycles. The molecule has 0 amide bonds. The quantitative estimate of drug-likeness (QED) is 0.463. The molecule has 0 saturated carbocycles. The highest BCUT2D eigenvalue weighted by atomic mass is 16.7. The van der Waals surface area contributed by atoms with Crippen LogP contribution >= 0.6 is 0 Å². The lowest BCUT2D eigenvalue weighted by Crippen LogP contribution is -2.33. The Balaban J connectivity index is 2.25. The summed E-state index contributed by atoms with van der Waals surface area (Å²) in [5.74, 6) is 4.24. The Kier molecular flexibility index (Phi) is 6.69. The van der Waals surface area contributed by atoms with Crippen molar-refractivity contribution in [3.8, 4) is 24.7 Å². The van der Waals surface area contributed by atoms with E-state index in [4.69, 9.17) is 31.8 Å². The molecule has 1 fully saturated rings. The first-order valence-electron chi connectivity index (χ1n) is 5.63. The molecule has 94 valence electrons. The summed E-state index contributed by atoms with van der Waals surface area (Å²) < 4.78 is 21.7. The van der Waals surface area contributed by atoms with Crippen LogP contribution in [-0.4, -0.2) is 45.4 Å². The van der Waals surface area contributed by atoms with E-state index in [0.717, 1.165) is 0 Å². The van der Waals surface area contributed by atoms with Gasteiger partial charge < -0.3 is 18.9 Å². The van der Waals surface area contributed by atoms with Crippen LogP contribution in [0.2, 0.25) is 0 Å². The molecular formula is C13H18O4. The largest absolute Gasteiger partial charge is 0.369 e. The molecule has 0 bridgehead atoms. The first-order valence-corrected chi connectivity index (χ1v) is 5.63. The minimum absolute atomic E-state index is 0.309. The van der Waals surface area contributed by atoms with E-state index in [0.29, 0.717) is 52.5 Å². The summed E-state index contributed by atoms with van der Waals surface area (Å²) in [5, 5.41) is 0. The highest BCUT2D eigenvalue weighted by Gasteiger charge is 2.35. The van der Waals surface area contributed by atoms with E-state index < -0.39 is 5.79 Å². The van der Waals surface area contributed by atoms with Crippen molar-refractivity contribution in [3.63, 3.8) is 0 Å². The van der Waals surface area contributed by atoms with Gasteiger partial charge in [-0.1, -0.05) is 11.8 Å². The first-order chi connectivity index (χ1) is 8.33. The van der Waals surface area contributed by atoms with Crippen molar-refractivity contribution in [3.05, 3.63) is 0 Å². The zero-order valence-electron chi connectivity index (χ0n) is 9.94. The maximum atomic E-state index is 5.62. The van der Waals surface area contributed by atoms with E-state index >= 15 is 0 Å². The van der Waals surface area contributed by atoms with Gasteiger partial charge in [-0.2, -0.15) is 0 Å². The van der Waals surface area contributed by atoms with Gasteiger partial charge in [0, 0.05) is 12.8 Å². The number of rotatable bonds is 8. The van der Waals surface area contributed by atoms with Gasteiger partial charge in [-0.05, 0) is 0 Å². The second kappa shape index (κ2) is 8.11. The molecule has 0 atom stereocenters. The Hall–Kier alpha value is -1.04. The fraction of sp³-hybridized carbons (Fsp3) is 0.692. The molecule has 4 nitrogen and oxygen atoms in total. The summed E-state index contributed by atoms with van der Waals surface area (Å²) >= 11 is 0. The molecule has 0 aliphatic carbocycles. The van der Waals surface area contributed by atoms with E-state index in [-0.39, 0.29) is 0 Å². The summed E-state index contributed by atoms with van der Waals surface area (Å²) in [5.41, 5.74) is 0. The molecule has 1 heterocycles. The van der Waals surface area contributed by atoms with E-state index in [1.54, 1.807) is 0 Å². The van der Waals surface area contributed by atoms with Crippen LogP contribution in [0.3, 0.4) is 0 Å². The topological polar surface area (TPSA) is 36.9 Å². The van der Waals surface area contributed by atoms with E-state index in [2.05, 4.69) is 11.8 Å². The summed E-state index contributed by atoms with van der Waals surface area (Å²) in [6.45, 7) is 2.85. The highest BCUT2D eigenvalue weighted by molar-refractivity contribution is 4.84. The van der Waals surface area contributed by atoms with Gasteiger partial charge in [-0.15, -0.1) is 12.8 Å². The van der Waals surface area contributed by atoms with Crippen molar-refractivity contribution in [2.45, 2.75) is 18.6 Å². The van der Waals surface area contributed by atoms with E-state index in [1.165, 1.54) is 0 Å². The van der Waals surface area contributed by atoms with Crippen molar-refractivity contribution >= 4 is 0 Å². The van der Waals surface area contributed by atoms with Crippen molar-refractivity contribution < 1.29 is 18.9 Å². The first kappa shape index (κ1) is 14.0. The van der Waals surface area contributed by atoms with Crippen molar-refractivity contribution in [1.82, 2.24) is 0 Å². The second-order valence-corrected chi connectivity index (χ2v) is 3.62. The van der Waals surface area contributed by atoms with Gasteiger partial charge in [0.05, 0.1) is 26.4 Å². The van der Waals surface area contributed by atoms with Crippen LogP contribution in [0.25, 0.3) is 0 Å². The van der Waals surface area contributed by atoms with Crippen LogP contribution in [0.5, 0.6) is 0 Å². The Morgan fingerprint density at radius 2 is 1.41 bits per heavy atom. The average Bonchev–Trinajstić information content (AvgIpc) is 2.80. The minimum atomic E-state index is -0.594. The monoisotopic (exact) mass is 238 g/mol. The molecule has 1 aliphatic rings. The molecule has 0 N–H and O–H groups in total. The van der Waals surface area contributed by atoms with Crippen LogP contribution in [0.1, 0.15) is 12.8 Å². The molecule has 0 unspecified atom stereocenters. The smallest absolute Gasteiger partial charge is 0.172 e. The number of terminal acetylenes is 2. The van der Waals surface area contributed by atoms with Gasteiger partial charge in [-0.25, -0.2) is 0 Å². The Labute approximate surface area is 103 Å². The fourth-order valence-electron chi connectivity index (χ4n) is 1.63. The molecule has 0 aromatic carbocycles. The average molecular weight is 238 g/mol. The predicted octanol–water partition coefficient (Wildman–Crippen LogP) is 0.809. The molecule has 4 heteroatoms. The van der Waals surface area contributed by atoms with Gasteiger partial charge in [0.2, 0.25) is 0 Å². The molecule has 0 spiro atoms. The van der Waals surface area contributed by atoms with Gasteiger partial charge in [-0.3, -0.25) is 0 Å². The summed E-state index contributed by atoms with van der Waals surface area (Å²) in [6, 6.07) is 0. The lowest BCUT2D eigenvalue weighted by molar-refractivity contribution is -0.180. The molecule has 17 heavy (non-hydrogen) atoms. The minimum Gasteiger partial charge on any atom is -0.369 e. The second-order valence-electron chi connectivity index (χ2n) is 3.62. The van der Waals surface area contributed by atoms with Crippen molar-refractivity contribution in [2.75, 3.05) is 39.6 Å². The van der Waals surface area contributed by atoms with Crippen molar-refractivity contribution in [1.29, 1.82) is 0 Å². The van der Waals surface area contributed by atoms with Gasteiger partial charge in [0.15, 0.2) is 5.79 Å². The SMILES string of the molecule is C#CCOCCC1(CCOCC#C)OCCO1. The Morgan fingerprint density at radius 1 is 0.941 bits per heavy atom. The van der Waals surface area contributed by atoms with Crippen LogP contribution < -0.4 is 0 Å². The lowest BCUT2D eigenvalue weighted by atomic mass is 10.1. The zero-order valence-corrected chi connectivity index (χ0v) is 9.94. The van der Waals surface area contributed by atoms with E-state index in [9.17, 15) is 0 Å². The van der Waals surface area contributed by atoms with Gasteiger partial charge in [0.1, 0.15) is 13.2 Å². The molecule has 0 radical (unpaired) electrons. The Bertz CT molecular complexity index is 257. The molecule has 1 rings (SSSR count). The Morgan fingerprint density at radius 3 is 1.82 bits per heavy atom. The molecule has 0 aromatic rings. The predicted molar refractivity (Wildman–Crippen MR) is 63.2 cm³/mol. The zero-order chi connectivity index (χ0) is 12.4. The summed E-state index contributed by atoms with van der Waals surface area (Å²) in [7, 11) is 0. The normalized spacial score (nSPS) is 17.5. The standard InChI is InChI=1S/C13H18O4/c1-3-7-14-9-5-13(16-11-12-17-13)6-10-15-8-4-2/h1-2H,5-12H2. The molecular weight excluding hydrogens is 220 g/mol. The maximum Gasteiger partial charge on any atom is 0.172 e. The maximum absolute atomic E-state index is 5.62. The van der Waals surface area contributed by atoms with Crippen LogP contribution in [0.4, 0.5) is 0 Å². The number of ether oxygens (including phenoxy) is 4. The summed E-state index contributed by atoms with van der Waals surface area (Å²) in [4.78, 5) is 0. The van der Waals surface area contributed by atoms with Crippen molar-refractivity contribution in [2.24, 2.45) is 0 Å². The lowest BCUT2D eigenvalue weighted by Gasteiger charge is -2.26. The van der Waals surface area contributed by atoms with Crippen LogP contribution in [-0.2, 0) is 18.9 Å². The van der Waals surface area contributed by atoms with Crippen LogP contribution in [0, 0.1) is 24.7 Å². The highest BCUT2D eigenvalue weighted by Crippen LogP contribution is 2.27. The van der Waals surface area contributed by atoms with Gasteiger partial charge in [0.25, 0.3) is 0 Å².